The molecule has 0 aromatic rings. The average Bonchev–Trinajstić information content (AvgIpc) is 2.48. The second-order valence-electron chi connectivity index (χ2n) is 4.61. The molecule has 2 unspecified atom stereocenters. The molecule has 0 radical (unpaired) electrons. The van der Waals surface area contributed by atoms with Gasteiger partial charge < -0.3 is 9.64 Å². The van der Waals surface area contributed by atoms with E-state index in [1.54, 1.807) is 7.11 Å². The number of amides is 1. The van der Waals surface area contributed by atoms with Crippen LogP contribution < -0.4 is 5.32 Å². The van der Waals surface area contributed by atoms with Crippen molar-refractivity contribution in [2.75, 3.05) is 26.9 Å². The lowest BCUT2D eigenvalue weighted by Crippen LogP contribution is -2.43. The van der Waals surface area contributed by atoms with Crippen LogP contribution in [0.5, 0.6) is 0 Å². The van der Waals surface area contributed by atoms with Crippen molar-refractivity contribution in [2.24, 2.45) is 5.92 Å². The molecule has 0 spiro atoms. The van der Waals surface area contributed by atoms with Crippen molar-refractivity contribution < 1.29 is 9.53 Å². The number of methoxy groups -OCH3 is 1. The van der Waals surface area contributed by atoms with Gasteiger partial charge in [0, 0.05) is 13.7 Å². The Labute approximate surface area is 92.0 Å². The first-order chi connectivity index (χ1) is 7.03. The molecule has 4 nitrogen and oxygen atoms in total. The van der Waals surface area contributed by atoms with E-state index in [0.29, 0.717) is 19.2 Å². The van der Waals surface area contributed by atoms with Crippen LogP contribution in [0, 0.1) is 5.92 Å². The molecule has 1 fully saturated rings. The third-order valence-corrected chi connectivity index (χ3v) is 3.11. The fraction of sp³-hybridized carbons (Fsp3) is 0.909. The first kappa shape index (κ1) is 12.5. The number of carbonyl (C=O) groups excluding carboxylic acids is 1. The third-order valence-electron chi connectivity index (χ3n) is 3.11. The van der Waals surface area contributed by atoms with Gasteiger partial charge in [-0.15, -0.1) is 0 Å². The van der Waals surface area contributed by atoms with Crippen LogP contribution in [0.15, 0.2) is 0 Å². The fourth-order valence-corrected chi connectivity index (χ4v) is 1.90. The lowest BCUT2D eigenvalue weighted by molar-refractivity contribution is -0.132. The van der Waals surface area contributed by atoms with Gasteiger partial charge in [-0.1, -0.05) is 13.8 Å². The molecule has 88 valence electrons. The van der Waals surface area contributed by atoms with Crippen molar-refractivity contribution in [3.63, 3.8) is 0 Å². The molecule has 0 bridgehead atoms. The van der Waals surface area contributed by atoms with E-state index >= 15 is 0 Å². The van der Waals surface area contributed by atoms with Gasteiger partial charge in [0.15, 0.2) is 0 Å². The Morgan fingerprint density at radius 1 is 1.67 bits per heavy atom. The summed E-state index contributed by atoms with van der Waals surface area (Å²) in [6, 6.07) is 0. The number of carbonyl (C=O) groups is 1. The van der Waals surface area contributed by atoms with Crippen molar-refractivity contribution in [3.8, 4) is 0 Å². The van der Waals surface area contributed by atoms with Crippen molar-refractivity contribution in [1.29, 1.82) is 0 Å². The molecule has 15 heavy (non-hydrogen) atoms. The first-order valence-corrected chi connectivity index (χ1v) is 5.57. The maximum atomic E-state index is 12.0. The van der Waals surface area contributed by atoms with Crippen LogP contribution in [-0.4, -0.2) is 43.3 Å². The number of ether oxygens (including phenoxy) is 1. The summed E-state index contributed by atoms with van der Waals surface area (Å²) in [6.45, 7) is 8.24. The standard InChI is InChI=1S/C11H22N2O2/c1-5-11(3)10(14)13(8-12-11)6-9(2)7-15-4/h9,12H,5-8H2,1-4H3. The molecule has 1 aliphatic heterocycles. The smallest absolute Gasteiger partial charge is 0.243 e. The van der Waals surface area contributed by atoms with E-state index in [0.717, 1.165) is 13.0 Å². The Morgan fingerprint density at radius 3 is 2.80 bits per heavy atom. The predicted octanol–water partition coefficient (Wildman–Crippen LogP) is 0.827. The molecule has 1 aliphatic rings. The van der Waals surface area contributed by atoms with E-state index in [2.05, 4.69) is 12.2 Å². The lowest BCUT2D eigenvalue weighted by Gasteiger charge is -2.23. The molecule has 2 atom stereocenters. The fourth-order valence-electron chi connectivity index (χ4n) is 1.90. The predicted molar refractivity (Wildman–Crippen MR) is 59.5 cm³/mol. The highest BCUT2D eigenvalue weighted by molar-refractivity contribution is 5.87. The summed E-state index contributed by atoms with van der Waals surface area (Å²) >= 11 is 0. The van der Waals surface area contributed by atoms with Gasteiger partial charge in [0.2, 0.25) is 5.91 Å². The molecule has 4 heteroatoms. The van der Waals surface area contributed by atoms with Crippen LogP contribution in [0.2, 0.25) is 0 Å². The monoisotopic (exact) mass is 214 g/mol. The van der Waals surface area contributed by atoms with Gasteiger partial charge in [-0.3, -0.25) is 10.1 Å². The highest BCUT2D eigenvalue weighted by Crippen LogP contribution is 2.19. The first-order valence-electron chi connectivity index (χ1n) is 5.57. The van der Waals surface area contributed by atoms with Gasteiger partial charge in [-0.05, 0) is 19.3 Å². The topological polar surface area (TPSA) is 41.6 Å². The summed E-state index contributed by atoms with van der Waals surface area (Å²) in [7, 11) is 1.69. The summed E-state index contributed by atoms with van der Waals surface area (Å²) in [6.07, 6.45) is 0.834. The number of hydrogen-bond acceptors (Lipinski definition) is 3. The molecule has 1 saturated heterocycles. The second kappa shape index (κ2) is 4.94. The van der Waals surface area contributed by atoms with Gasteiger partial charge >= 0.3 is 0 Å². The van der Waals surface area contributed by atoms with E-state index in [1.165, 1.54) is 0 Å². The molecule has 1 amide bonds. The molecule has 1 N–H and O–H groups in total. The van der Waals surface area contributed by atoms with Crippen LogP contribution in [0.1, 0.15) is 27.2 Å². The van der Waals surface area contributed by atoms with Crippen molar-refractivity contribution >= 4 is 5.91 Å². The van der Waals surface area contributed by atoms with Gasteiger partial charge in [-0.2, -0.15) is 0 Å². The maximum Gasteiger partial charge on any atom is 0.243 e. The Bertz CT molecular complexity index is 233. The van der Waals surface area contributed by atoms with Gasteiger partial charge in [0.25, 0.3) is 0 Å². The molecule has 1 heterocycles. The molecule has 0 aromatic carbocycles. The number of nitrogens with zero attached hydrogens (tertiary/aromatic N) is 1. The Morgan fingerprint density at radius 2 is 2.33 bits per heavy atom. The number of rotatable bonds is 5. The zero-order valence-corrected chi connectivity index (χ0v) is 10.2. The van der Waals surface area contributed by atoms with E-state index in [9.17, 15) is 4.79 Å². The van der Waals surface area contributed by atoms with Crippen molar-refractivity contribution in [1.82, 2.24) is 10.2 Å². The molecular weight excluding hydrogens is 192 g/mol. The normalized spacial score (nSPS) is 28.5. The largest absolute Gasteiger partial charge is 0.384 e. The summed E-state index contributed by atoms with van der Waals surface area (Å²) < 4.78 is 5.07. The number of hydrogen-bond donors (Lipinski definition) is 1. The number of nitrogens with one attached hydrogen (secondary N) is 1. The SMILES string of the molecule is CCC1(C)NCN(CC(C)COC)C1=O. The van der Waals surface area contributed by atoms with E-state index < -0.39 is 0 Å². The van der Waals surface area contributed by atoms with Gasteiger partial charge in [0.1, 0.15) is 0 Å². The Kier molecular flexibility index (Phi) is 4.11. The molecule has 1 rings (SSSR count). The molecule has 0 aromatic heterocycles. The quantitative estimate of drug-likeness (QED) is 0.737. The van der Waals surface area contributed by atoms with E-state index in [1.807, 2.05) is 18.7 Å². The van der Waals surface area contributed by atoms with Gasteiger partial charge in [0.05, 0.1) is 18.8 Å². The highest BCUT2D eigenvalue weighted by Gasteiger charge is 2.40. The molecular formula is C11H22N2O2. The summed E-state index contributed by atoms with van der Waals surface area (Å²) in [4.78, 5) is 13.9. The minimum absolute atomic E-state index is 0.216. The van der Waals surface area contributed by atoms with Crippen molar-refractivity contribution in [3.05, 3.63) is 0 Å². The van der Waals surface area contributed by atoms with E-state index in [4.69, 9.17) is 4.74 Å². The second-order valence-corrected chi connectivity index (χ2v) is 4.61. The van der Waals surface area contributed by atoms with Crippen LogP contribution >= 0.6 is 0 Å². The van der Waals surface area contributed by atoms with E-state index in [-0.39, 0.29) is 11.4 Å². The van der Waals surface area contributed by atoms with Crippen LogP contribution in [0.4, 0.5) is 0 Å². The maximum absolute atomic E-state index is 12.0. The third kappa shape index (κ3) is 2.69. The highest BCUT2D eigenvalue weighted by atomic mass is 16.5. The zero-order chi connectivity index (χ0) is 11.5. The minimum Gasteiger partial charge on any atom is -0.384 e. The van der Waals surface area contributed by atoms with Crippen LogP contribution in [0.3, 0.4) is 0 Å². The Hall–Kier alpha value is -0.610. The Balaban J connectivity index is 2.49. The minimum atomic E-state index is -0.354. The lowest BCUT2D eigenvalue weighted by atomic mass is 9.99. The summed E-state index contributed by atoms with van der Waals surface area (Å²) in [5.41, 5.74) is -0.354. The zero-order valence-electron chi connectivity index (χ0n) is 10.2. The molecule has 0 aliphatic carbocycles. The summed E-state index contributed by atoms with van der Waals surface area (Å²) in [5.74, 6) is 0.605. The van der Waals surface area contributed by atoms with Crippen LogP contribution in [0.25, 0.3) is 0 Å². The van der Waals surface area contributed by atoms with Gasteiger partial charge in [-0.25, -0.2) is 0 Å². The average molecular weight is 214 g/mol. The van der Waals surface area contributed by atoms with Crippen LogP contribution in [-0.2, 0) is 9.53 Å². The van der Waals surface area contributed by atoms with Crippen molar-refractivity contribution in [2.45, 2.75) is 32.7 Å². The molecule has 0 saturated carbocycles. The summed E-state index contributed by atoms with van der Waals surface area (Å²) in [5, 5.41) is 3.27.